The van der Waals surface area contributed by atoms with E-state index in [1.807, 2.05) is 0 Å². The van der Waals surface area contributed by atoms with E-state index in [0.29, 0.717) is 24.2 Å². The van der Waals surface area contributed by atoms with Gasteiger partial charge in [-0.3, -0.25) is 5.43 Å². The molecule has 1 heterocycles. The average Bonchev–Trinajstić information content (AvgIpc) is 2.69. The lowest BCUT2D eigenvalue weighted by Crippen LogP contribution is -2.31. The molecule has 0 atom stereocenters. The molecule has 0 saturated heterocycles. The van der Waals surface area contributed by atoms with Gasteiger partial charge in [0.05, 0.1) is 10.5 Å². The van der Waals surface area contributed by atoms with Crippen molar-refractivity contribution in [3.05, 3.63) is 47.2 Å². The number of nitrogens with one attached hydrogen (secondary N) is 2. The van der Waals surface area contributed by atoms with Crippen molar-refractivity contribution in [2.24, 2.45) is 0 Å². The summed E-state index contributed by atoms with van der Waals surface area (Å²) >= 11 is 0. The summed E-state index contributed by atoms with van der Waals surface area (Å²) < 4.78 is 51.5. The number of pyridine rings is 1. The highest BCUT2D eigenvalue weighted by Crippen LogP contribution is 2.21. The van der Waals surface area contributed by atoms with E-state index in [9.17, 15) is 26.7 Å². The molecule has 164 valence electrons. The summed E-state index contributed by atoms with van der Waals surface area (Å²) in [6.45, 7) is 7.26. The van der Waals surface area contributed by atoms with Crippen molar-refractivity contribution in [1.29, 1.82) is 0 Å². The van der Waals surface area contributed by atoms with Crippen LogP contribution in [0.5, 0.6) is 0 Å². The van der Waals surface area contributed by atoms with Crippen molar-refractivity contribution in [3.8, 4) is 0 Å². The zero-order valence-electron chi connectivity index (χ0n) is 17.0. The summed E-state index contributed by atoms with van der Waals surface area (Å²) in [5.41, 5.74) is 3.18. The van der Waals surface area contributed by atoms with E-state index in [2.05, 4.69) is 15.2 Å². The molecule has 2 aromatic rings. The zero-order valence-corrected chi connectivity index (χ0v) is 18.6. The van der Waals surface area contributed by atoms with Crippen LogP contribution in [0.25, 0.3) is 0 Å². The molecular formula is C18H24N4O6S2. The first kappa shape index (κ1) is 23.7. The van der Waals surface area contributed by atoms with E-state index >= 15 is 0 Å². The molecule has 0 unspecified atom stereocenters. The van der Waals surface area contributed by atoms with Crippen LogP contribution in [-0.2, 0) is 20.0 Å². The van der Waals surface area contributed by atoms with Crippen LogP contribution in [0, 0.1) is 13.8 Å². The third-order valence-electron chi connectivity index (χ3n) is 4.55. The van der Waals surface area contributed by atoms with Gasteiger partial charge in [-0.05, 0) is 49.2 Å². The molecule has 0 spiro atoms. The molecular weight excluding hydrogens is 432 g/mol. The summed E-state index contributed by atoms with van der Waals surface area (Å²) in [4.78, 5) is 17.1. The van der Waals surface area contributed by atoms with Crippen LogP contribution in [0.4, 0.5) is 5.82 Å². The van der Waals surface area contributed by atoms with Crippen molar-refractivity contribution in [1.82, 2.24) is 14.1 Å². The van der Waals surface area contributed by atoms with E-state index in [1.165, 1.54) is 22.5 Å². The molecule has 0 aliphatic heterocycles. The van der Waals surface area contributed by atoms with Crippen molar-refractivity contribution in [2.45, 2.75) is 37.5 Å². The van der Waals surface area contributed by atoms with Crippen LogP contribution >= 0.6 is 0 Å². The van der Waals surface area contributed by atoms with Gasteiger partial charge in [-0.1, -0.05) is 13.8 Å². The zero-order chi connectivity index (χ0) is 22.7. The first-order valence-electron chi connectivity index (χ1n) is 9.02. The molecule has 0 saturated carbocycles. The highest BCUT2D eigenvalue weighted by Gasteiger charge is 2.23. The summed E-state index contributed by atoms with van der Waals surface area (Å²) in [6, 6.07) is 5.10. The van der Waals surface area contributed by atoms with Gasteiger partial charge in [0, 0.05) is 19.3 Å². The molecule has 0 radical (unpaired) electrons. The van der Waals surface area contributed by atoms with E-state index in [1.54, 1.807) is 27.7 Å². The van der Waals surface area contributed by atoms with Gasteiger partial charge in [0.15, 0.2) is 0 Å². The van der Waals surface area contributed by atoms with Crippen molar-refractivity contribution < 1.29 is 26.7 Å². The van der Waals surface area contributed by atoms with Gasteiger partial charge < -0.3 is 5.11 Å². The lowest BCUT2D eigenvalue weighted by atomic mass is 10.1. The molecule has 3 N–H and O–H groups in total. The minimum atomic E-state index is -4.12. The number of carbonyl (C=O) groups is 1. The van der Waals surface area contributed by atoms with Gasteiger partial charge in [0.25, 0.3) is 10.0 Å². The number of anilines is 1. The van der Waals surface area contributed by atoms with E-state index in [4.69, 9.17) is 0 Å². The Morgan fingerprint density at radius 2 is 1.73 bits per heavy atom. The van der Waals surface area contributed by atoms with Gasteiger partial charge in [-0.2, -0.15) is 4.31 Å². The smallest absolute Gasteiger partial charge is 0.335 e. The van der Waals surface area contributed by atoms with Gasteiger partial charge in [0.2, 0.25) is 10.0 Å². The van der Waals surface area contributed by atoms with Crippen molar-refractivity contribution in [2.75, 3.05) is 18.5 Å². The van der Waals surface area contributed by atoms with Crippen LogP contribution in [-0.4, -0.2) is 50.3 Å². The minimum absolute atomic E-state index is 0.0137. The normalized spacial score (nSPS) is 12.2. The van der Waals surface area contributed by atoms with Crippen molar-refractivity contribution >= 4 is 31.8 Å². The molecule has 0 bridgehead atoms. The first-order chi connectivity index (χ1) is 13.9. The molecule has 0 aliphatic carbocycles. The standard InChI is InChI=1S/C18H24N4O6S2/c1-5-22(6-2)30(27,28)15-7-8-17(19-11-15)20-21-29(25,26)16-10-14(18(23)24)9-12(3)13(16)4/h7-11,21H,5-6H2,1-4H3,(H,19,20)(H,23,24). The number of sulfonamides is 2. The summed E-state index contributed by atoms with van der Waals surface area (Å²) in [6.07, 6.45) is 1.13. The second kappa shape index (κ2) is 9.08. The van der Waals surface area contributed by atoms with Gasteiger partial charge >= 0.3 is 5.97 Å². The highest BCUT2D eigenvalue weighted by molar-refractivity contribution is 7.89. The van der Waals surface area contributed by atoms with E-state index in [0.717, 1.165) is 12.3 Å². The predicted molar refractivity (Wildman–Crippen MR) is 111 cm³/mol. The van der Waals surface area contributed by atoms with Crippen LogP contribution in [0.2, 0.25) is 0 Å². The number of carboxylic acid groups (broad SMARTS) is 1. The van der Waals surface area contributed by atoms with Crippen LogP contribution in [0.15, 0.2) is 40.3 Å². The number of aryl methyl sites for hydroxylation is 1. The number of carboxylic acids is 1. The Morgan fingerprint density at radius 3 is 2.23 bits per heavy atom. The Kier molecular flexibility index (Phi) is 7.18. The summed E-state index contributed by atoms with van der Waals surface area (Å²) in [5, 5.41) is 9.17. The molecule has 12 heteroatoms. The number of hydrogen-bond donors (Lipinski definition) is 3. The van der Waals surface area contributed by atoms with Crippen LogP contribution in [0.3, 0.4) is 0 Å². The topological polar surface area (TPSA) is 146 Å². The predicted octanol–water partition coefficient (Wildman–Crippen LogP) is 1.73. The fourth-order valence-corrected chi connectivity index (χ4v) is 5.32. The van der Waals surface area contributed by atoms with Gasteiger partial charge in [0.1, 0.15) is 10.7 Å². The first-order valence-corrected chi connectivity index (χ1v) is 11.9. The molecule has 30 heavy (non-hydrogen) atoms. The quantitative estimate of drug-likeness (QED) is 0.484. The maximum Gasteiger partial charge on any atom is 0.335 e. The fourth-order valence-electron chi connectivity index (χ4n) is 2.72. The van der Waals surface area contributed by atoms with Crippen LogP contribution in [0.1, 0.15) is 35.3 Å². The number of nitrogens with zero attached hydrogens (tertiary/aromatic N) is 2. The summed E-state index contributed by atoms with van der Waals surface area (Å²) in [5.74, 6) is -1.17. The van der Waals surface area contributed by atoms with Crippen molar-refractivity contribution in [3.63, 3.8) is 0 Å². The molecule has 2 rings (SSSR count). The molecule has 10 nitrogen and oxygen atoms in total. The Bertz CT molecular complexity index is 1140. The number of rotatable bonds is 9. The van der Waals surface area contributed by atoms with E-state index in [-0.39, 0.29) is 21.2 Å². The Labute approximate surface area is 176 Å². The third kappa shape index (κ3) is 4.95. The number of aromatic nitrogens is 1. The maximum atomic E-state index is 12.6. The minimum Gasteiger partial charge on any atom is -0.478 e. The number of aromatic carboxylic acids is 1. The number of hydrazine groups is 1. The molecule has 0 amide bonds. The number of hydrogen-bond acceptors (Lipinski definition) is 7. The monoisotopic (exact) mass is 456 g/mol. The third-order valence-corrected chi connectivity index (χ3v) is 7.96. The molecule has 1 aromatic carbocycles. The second-order valence-electron chi connectivity index (χ2n) is 6.42. The lowest BCUT2D eigenvalue weighted by molar-refractivity contribution is 0.0696. The van der Waals surface area contributed by atoms with E-state index < -0.39 is 26.0 Å². The molecule has 1 aromatic heterocycles. The Balaban J connectivity index is 2.24. The fraction of sp³-hybridized carbons (Fsp3) is 0.333. The van der Waals surface area contributed by atoms with Gasteiger partial charge in [-0.25, -0.2) is 26.6 Å². The lowest BCUT2D eigenvalue weighted by Gasteiger charge is -2.18. The summed E-state index contributed by atoms with van der Waals surface area (Å²) in [7, 11) is -7.80. The average molecular weight is 457 g/mol. The van der Waals surface area contributed by atoms with Crippen LogP contribution < -0.4 is 10.3 Å². The molecule has 0 fully saturated rings. The largest absolute Gasteiger partial charge is 0.478 e. The molecule has 0 aliphatic rings. The Hall–Kier alpha value is -2.54. The second-order valence-corrected chi connectivity index (χ2v) is 10.0. The maximum absolute atomic E-state index is 12.6. The SMILES string of the molecule is CCN(CC)S(=O)(=O)c1ccc(NNS(=O)(=O)c2cc(C(=O)O)cc(C)c2C)nc1. The Morgan fingerprint density at radius 1 is 1.10 bits per heavy atom. The number of benzene rings is 1. The highest BCUT2D eigenvalue weighted by atomic mass is 32.2. The van der Waals surface area contributed by atoms with Gasteiger partial charge in [-0.15, -0.1) is 4.83 Å².